The summed E-state index contributed by atoms with van der Waals surface area (Å²) in [6.07, 6.45) is 4.92. The number of anilines is 1. The summed E-state index contributed by atoms with van der Waals surface area (Å²) in [6.45, 7) is 3.98. The van der Waals surface area contributed by atoms with Gasteiger partial charge in [-0.15, -0.1) is 0 Å². The van der Waals surface area contributed by atoms with Crippen molar-refractivity contribution in [3.8, 4) is 0 Å². The zero-order chi connectivity index (χ0) is 12.1. The summed E-state index contributed by atoms with van der Waals surface area (Å²) >= 11 is 5.98. The molecule has 0 aliphatic carbocycles. The van der Waals surface area contributed by atoms with E-state index in [-0.39, 0.29) is 0 Å². The highest BCUT2D eigenvalue weighted by Crippen LogP contribution is 2.18. The molecule has 0 aliphatic rings. The summed E-state index contributed by atoms with van der Waals surface area (Å²) in [7, 11) is 0. The fourth-order valence-corrected chi connectivity index (χ4v) is 1.96. The number of halogens is 1. The molecule has 17 heavy (non-hydrogen) atoms. The van der Waals surface area contributed by atoms with Crippen LogP contribution in [0.4, 0.5) is 5.69 Å². The fraction of sp³-hybridized carbons (Fsp3) is 0.308. The first-order valence-electron chi connectivity index (χ1n) is 5.79. The monoisotopic (exact) mass is 249 g/mol. The molecule has 2 aromatic heterocycles. The predicted molar refractivity (Wildman–Crippen MR) is 71.3 cm³/mol. The van der Waals surface area contributed by atoms with Gasteiger partial charge in [0.25, 0.3) is 0 Å². The average molecular weight is 250 g/mol. The van der Waals surface area contributed by atoms with Crippen LogP contribution >= 0.6 is 11.6 Å². The van der Waals surface area contributed by atoms with Gasteiger partial charge in [-0.3, -0.25) is 0 Å². The van der Waals surface area contributed by atoms with E-state index < -0.39 is 0 Å². The quantitative estimate of drug-likeness (QED) is 0.822. The SMILES string of the molecule is CCCn1cccc1CNc1cccnc1Cl. The lowest BCUT2D eigenvalue weighted by atomic mass is 10.3. The second-order valence-electron chi connectivity index (χ2n) is 3.89. The van der Waals surface area contributed by atoms with Gasteiger partial charge in [0.1, 0.15) is 0 Å². The van der Waals surface area contributed by atoms with E-state index in [2.05, 4.69) is 40.1 Å². The van der Waals surface area contributed by atoms with Crippen LogP contribution < -0.4 is 5.32 Å². The van der Waals surface area contributed by atoms with Gasteiger partial charge in [0.05, 0.1) is 12.2 Å². The van der Waals surface area contributed by atoms with E-state index in [9.17, 15) is 0 Å². The third kappa shape index (κ3) is 3.01. The van der Waals surface area contributed by atoms with E-state index >= 15 is 0 Å². The van der Waals surface area contributed by atoms with Gasteiger partial charge in [-0.1, -0.05) is 18.5 Å². The molecule has 2 heterocycles. The lowest BCUT2D eigenvalue weighted by Crippen LogP contribution is -2.07. The Morgan fingerprint density at radius 1 is 1.35 bits per heavy atom. The van der Waals surface area contributed by atoms with Gasteiger partial charge in [-0.05, 0) is 30.7 Å². The molecule has 0 amide bonds. The Labute approximate surface area is 106 Å². The van der Waals surface area contributed by atoms with Crippen molar-refractivity contribution in [1.29, 1.82) is 0 Å². The first-order valence-corrected chi connectivity index (χ1v) is 6.17. The van der Waals surface area contributed by atoms with Gasteiger partial charge < -0.3 is 9.88 Å². The van der Waals surface area contributed by atoms with Crippen molar-refractivity contribution in [3.63, 3.8) is 0 Å². The topological polar surface area (TPSA) is 29.9 Å². The summed E-state index contributed by atoms with van der Waals surface area (Å²) in [5.74, 6) is 0. The van der Waals surface area contributed by atoms with Crippen LogP contribution in [-0.2, 0) is 13.1 Å². The van der Waals surface area contributed by atoms with Crippen molar-refractivity contribution in [1.82, 2.24) is 9.55 Å². The van der Waals surface area contributed by atoms with Crippen LogP contribution in [0.2, 0.25) is 5.15 Å². The van der Waals surface area contributed by atoms with Crippen molar-refractivity contribution in [2.24, 2.45) is 0 Å². The van der Waals surface area contributed by atoms with Crippen LogP contribution in [0.3, 0.4) is 0 Å². The molecule has 1 N–H and O–H groups in total. The molecule has 0 radical (unpaired) electrons. The van der Waals surface area contributed by atoms with Crippen LogP contribution in [0.5, 0.6) is 0 Å². The van der Waals surface area contributed by atoms with Crippen molar-refractivity contribution < 1.29 is 0 Å². The number of aryl methyl sites for hydroxylation is 1. The van der Waals surface area contributed by atoms with Crippen molar-refractivity contribution in [2.45, 2.75) is 26.4 Å². The maximum atomic E-state index is 5.98. The minimum atomic E-state index is 0.515. The molecule has 0 bridgehead atoms. The molecule has 4 heteroatoms. The summed E-state index contributed by atoms with van der Waals surface area (Å²) in [6, 6.07) is 7.99. The predicted octanol–water partition coefficient (Wildman–Crippen LogP) is 3.56. The molecular weight excluding hydrogens is 234 g/mol. The van der Waals surface area contributed by atoms with Crippen LogP contribution in [0.25, 0.3) is 0 Å². The van der Waals surface area contributed by atoms with Crippen LogP contribution in [-0.4, -0.2) is 9.55 Å². The molecular formula is C13H16ClN3. The van der Waals surface area contributed by atoms with E-state index in [1.54, 1.807) is 6.20 Å². The van der Waals surface area contributed by atoms with E-state index in [1.165, 1.54) is 5.69 Å². The molecule has 90 valence electrons. The second kappa shape index (κ2) is 5.73. The van der Waals surface area contributed by atoms with E-state index in [0.717, 1.165) is 25.2 Å². The van der Waals surface area contributed by atoms with Crippen LogP contribution in [0.15, 0.2) is 36.7 Å². The third-order valence-corrected chi connectivity index (χ3v) is 2.91. The number of hydrogen-bond acceptors (Lipinski definition) is 2. The Kier molecular flexibility index (Phi) is 4.04. The minimum Gasteiger partial charge on any atom is -0.377 e. The Morgan fingerprint density at radius 2 is 2.24 bits per heavy atom. The fourth-order valence-electron chi connectivity index (χ4n) is 1.77. The largest absolute Gasteiger partial charge is 0.377 e. The first kappa shape index (κ1) is 12.0. The maximum Gasteiger partial charge on any atom is 0.152 e. The number of nitrogens with zero attached hydrogens (tertiary/aromatic N) is 2. The Balaban J connectivity index is 2.02. The first-order chi connectivity index (χ1) is 8.31. The molecule has 0 spiro atoms. The third-order valence-electron chi connectivity index (χ3n) is 2.61. The summed E-state index contributed by atoms with van der Waals surface area (Å²) in [5, 5.41) is 3.81. The number of hydrogen-bond donors (Lipinski definition) is 1. The zero-order valence-electron chi connectivity index (χ0n) is 9.86. The van der Waals surface area contributed by atoms with Crippen molar-refractivity contribution >= 4 is 17.3 Å². The molecule has 0 fully saturated rings. The normalized spacial score (nSPS) is 10.5. The van der Waals surface area contributed by atoms with Gasteiger partial charge in [-0.2, -0.15) is 0 Å². The Bertz CT molecular complexity index is 479. The van der Waals surface area contributed by atoms with E-state index in [1.807, 2.05) is 12.1 Å². The zero-order valence-corrected chi connectivity index (χ0v) is 10.6. The molecule has 0 unspecified atom stereocenters. The smallest absolute Gasteiger partial charge is 0.152 e. The standard InChI is InChI=1S/C13H16ClN3/c1-2-8-17-9-4-5-11(17)10-16-12-6-3-7-15-13(12)14/h3-7,9,16H,2,8,10H2,1H3. The number of rotatable bonds is 5. The molecule has 0 atom stereocenters. The highest BCUT2D eigenvalue weighted by molar-refractivity contribution is 6.31. The summed E-state index contributed by atoms with van der Waals surface area (Å²) in [4.78, 5) is 4.03. The molecule has 0 saturated carbocycles. The molecule has 2 rings (SSSR count). The molecule has 0 aliphatic heterocycles. The second-order valence-corrected chi connectivity index (χ2v) is 4.25. The number of pyridine rings is 1. The highest BCUT2D eigenvalue weighted by Gasteiger charge is 2.02. The van der Waals surface area contributed by atoms with Crippen LogP contribution in [0.1, 0.15) is 19.0 Å². The highest BCUT2D eigenvalue weighted by atomic mass is 35.5. The number of aromatic nitrogens is 2. The average Bonchev–Trinajstić information content (AvgIpc) is 2.76. The van der Waals surface area contributed by atoms with Gasteiger partial charge in [0.15, 0.2) is 5.15 Å². The molecule has 2 aromatic rings. The summed E-state index contributed by atoms with van der Waals surface area (Å²) in [5.41, 5.74) is 2.13. The molecule has 0 saturated heterocycles. The molecule has 0 aromatic carbocycles. The Morgan fingerprint density at radius 3 is 3.00 bits per heavy atom. The van der Waals surface area contributed by atoms with E-state index in [4.69, 9.17) is 11.6 Å². The minimum absolute atomic E-state index is 0.515. The Hall–Kier alpha value is -1.48. The van der Waals surface area contributed by atoms with Crippen molar-refractivity contribution in [3.05, 3.63) is 47.5 Å². The van der Waals surface area contributed by atoms with Gasteiger partial charge in [0.2, 0.25) is 0 Å². The summed E-state index contributed by atoms with van der Waals surface area (Å²) < 4.78 is 2.25. The van der Waals surface area contributed by atoms with Crippen molar-refractivity contribution in [2.75, 3.05) is 5.32 Å². The maximum absolute atomic E-state index is 5.98. The van der Waals surface area contributed by atoms with Gasteiger partial charge in [-0.25, -0.2) is 4.98 Å². The van der Waals surface area contributed by atoms with E-state index in [0.29, 0.717) is 5.15 Å². The van der Waals surface area contributed by atoms with Crippen LogP contribution in [0, 0.1) is 0 Å². The molecule has 3 nitrogen and oxygen atoms in total. The van der Waals surface area contributed by atoms with Gasteiger partial charge >= 0.3 is 0 Å². The lowest BCUT2D eigenvalue weighted by Gasteiger charge is -2.10. The lowest BCUT2D eigenvalue weighted by molar-refractivity contribution is 0.654. The number of nitrogens with one attached hydrogen (secondary N) is 1. The van der Waals surface area contributed by atoms with Gasteiger partial charge in [0, 0.05) is 24.6 Å².